The average Bonchev–Trinajstić information content (AvgIpc) is 2.13. The van der Waals surface area contributed by atoms with Crippen molar-refractivity contribution in [2.24, 2.45) is 17.8 Å². The van der Waals surface area contributed by atoms with E-state index in [1.54, 1.807) is 0 Å². The van der Waals surface area contributed by atoms with Crippen LogP contribution in [0.1, 0.15) is 38.5 Å². The van der Waals surface area contributed by atoms with E-state index in [4.69, 9.17) is 5.11 Å². The van der Waals surface area contributed by atoms with Gasteiger partial charge in [0.2, 0.25) is 0 Å². The SMILES string of the molecule is O=C(O)C(=O)SC12CC3CC(CC(C3)C1)C2. The Kier molecular flexibility index (Phi) is 2.32. The number of carboxylic acids is 1. The maximum absolute atomic E-state index is 11.4. The highest BCUT2D eigenvalue weighted by Gasteiger charge is 2.52. The summed E-state index contributed by atoms with van der Waals surface area (Å²) < 4.78 is -0.00970. The van der Waals surface area contributed by atoms with E-state index in [2.05, 4.69) is 0 Å². The molecular formula is C12H16O3S. The molecule has 0 spiro atoms. The Balaban J connectivity index is 1.78. The highest BCUT2D eigenvalue weighted by molar-refractivity contribution is 8.16. The molecule has 4 bridgehead atoms. The molecular weight excluding hydrogens is 224 g/mol. The van der Waals surface area contributed by atoms with Gasteiger partial charge in [0, 0.05) is 4.75 Å². The van der Waals surface area contributed by atoms with Crippen LogP contribution in [0.5, 0.6) is 0 Å². The van der Waals surface area contributed by atoms with E-state index in [1.165, 1.54) is 19.3 Å². The van der Waals surface area contributed by atoms with Crippen LogP contribution < -0.4 is 0 Å². The van der Waals surface area contributed by atoms with Gasteiger partial charge >= 0.3 is 5.97 Å². The number of carbonyl (C=O) groups is 2. The maximum atomic E-state index is 11.4. The van der Waals surface area contributed by atoms with Crippen LogP contribution in [0.2, 0.25) is 0 Å². The van der Waals surface area contributed by atoms with Crippen molar-refractivity contribution in [1.82, 2.24) is 0 Å². The van der Waals surface area contributed by atoms with Crippen molar-refractivity contribution in [3.63, 3.8) is 0 Å². The van der Waals surface area contributed by atoms with Crippen molar-refractivity contribution >= 4 is 22.8 Å². The largest absolute Gasteiger partial charge is 0.475 e. The molecule has 4 heteroatoms. The Bertz CT molecular complexity index is 315. The molecule has 0 unspecified atom stereocenters. The minimum atomic E-state index is -1.28. The first-order valence-electron chi connectivity index (χ1n) is 6.02. The molecule has 4 saturated carbocycles. The summed E-state index contributed by atoms with van der Waals surface area (Å²) in [6.07, 6.45) is 7.18. The molecule has 4 fully saturated rings. The predicted octanol–water partition coefficient (Wildman–Crippen LogP) is 2.30. The Labute approximate surface area is 99.0 Å². The van der Waals surface area contributed by atoms with Crippen LogP contribution >= 0.6 is 11.8 Å². The molecule has 4 aliphatic carbocycles. The lowest BCUT2D eigenvalue weighted by molar-refractivity contribution is -0.145. The number of thioether (sulfide) groups is 1. The summed E-state index contributed by atoms with van der Waals surface area (Å²) in [6, 6.07) is 0. The summed E-state index contributed by atoms with van der Waals surface area (Å²) >= 11 is 1.13. The van der Waals surface area contributed by atoms with E-state index in [0.717, 1.165) is 48.8 Å². The number of rotatable bonds is 1. The molecule has 0 aromatic heterocycles. The molecule has 88 valence electrons. The molecule has 4 rings (SSSR count). The number of carbonyl (C=O) groups excluding carboxylic acids is 1. The summed E-state index contributed by atoms with van der Waals surface area (Å²) in [5.41, 5.74) is 0. The zero-order valence-corrected chi connectivity index (χ0v) is 9.96. The highest BCUT2D eigenvalue weighted by atomic mass is 32.2. The van der Waals surface area contributed by atoms with Crippen molar-refractivity contribution in [3.05, 3.63) is 0 Å². The third-order valence-electron chi connectivity index (χ3n) is 4.47. The highest BCUT2D eigenvalue weighted by Crippen LogP contribution is 2.60. The number of aliphatic carboxylic acids is 1. The standard InChI is InChI=1S/C12H16O3S/c13-10(14)11(15)16-12-4-7-1-8(5-12)3-9(2-7)6-12/h7-9H,1-6H2,(H,13,14). The molecule has 0 aromatic rings. The van der Waals surface area contributed by atoms with E-state index < -0.39 is 11.1 Å². The summed E-state index contributed by atoms with van der Waals surface area (Å²) in [4.78, 5) is 22.0. The second-order valence-electron chi connectivity index (χ2n) is 5.80. The van der Waals surface area contributed by atoms with Gasteiger partial charge in [0.1, 0.15) is 0 Å². The lowest BCUT2D eigenvalue weighted by Crippen LogP contribution is -2.49. The van der Waals surface area contributed by atoms with Crippen LogP contribution in [0.3, 0.4) is 0 Å². The monoisotopic (exact) mass is 240 g/mol. The normalized spacial score (nSPS) is 44.6. The molecule has 0 amide bonds. The van der Waals surface area contributed by atoms with Crippen LogP contribution in [-0.2, 0) is 9.59 Å². The van der Waals surface area contributed by atoms with Gasteiger partial charge in [0.05, 0.1) is 0 Å². The molecule has 0 atom stereocenters. The van der Waals surface area contributed by atoms with Crippen LogP contribution in [0.15, 0.2) is 0 Å². The number of hydrogen-bond donors (Lipinski definition) is 1. The number of hydrogen-bond acceptors (Lipinski definition) is 3. The maximum Gasteiger partial charge on any atom is 0.383 e. The number of carboxylic acid groups (broad SMARTS) is 1. The first-order valence-corrected chi connectivity index (χ1v) is 6.84. The third kappa shape index (κ3) is 1.67. The van der Waals surface area contributed by atoms with E-state index in [0.29, 0.717) is 0 Å². The fourth-order valence-electron chi connectivity index (χ4n) is 4.40. The zero-order valence-electron chi connectivity index (χ0n) is 9.15. The molecule has 0 saturated heterocycles. The van der Waals surface area contributed by atoms with Gasteiger partial charge < -0.3 is 5.11 Å². The molecule has 0 aliphatic heterocycles. The van der Waals surface area contributed by atoms with Gasteiger partial charge in [-0.2, -0.15) is 0 Å². The van der Waals surface area contributed by atoms with Gasteiger partial charge in [-0.15, -0.1) is 0 Å². The smallest absolute Gasteiger partial charge is 0.383 e. The van der Waals surface area contributed by atoms with Crippen molar-refractivity contribution in [3.8, 4) is 0 Å². The summed E-state index contributed by atoms with van der Waals surface area (Å²) in [5, 5.41) is 8.06. The first-order chi connectivity index (χ1) is 7.56. The minimum absolute atomic E-state index is 0.00970. The summed E-state index contributed by atoms with van der Waals surface area (Å²) in [5.74, 6) is 1.02. The summed E-state index contributed by atoms with van der Waals surface area (Å²) in [6.45, 7) is 0. The molecule has 0 aromatic carbocycles. The Hall–Kier alpha value is -0.510. The fraction of sp³-hybridized carbons (Fsp3) is 0.833. The molecule has 16 heavy (non-hydrogen) atoms. The summed E-state index contributed by atoms with van der Waals surface area (Å²) in [7, 11) is 0. The Morgan fingerprint density at radius 3 is 1.81 bits per heavy atom. The third-order valence-corrected chi connectivity index (χ3v) is 5.76. The van der Waals surface area contributed by atoms with E-state index in [-0.39, 0.29) is 4.75 Å². The van der Waals surface area contributed by atoms with Gasteiger partial charge in [-0.3, -0.25) is 4.79 Å². The second-order valence-corrected chi connectivity index (χ2v) is 7.24. The minimum Gasteiger partial charge on any atom is -0.475 e. The molecule has 0 heterocycles. The van der Waals surface area contributed by atoms with Gasteiger partial charge in [0.15, 0.2) is 0 Å². The van der Waals surface area contributed by atoms with Crippen LogP contribution in [0.25, 0.3) is 0 Å². The van der Waals surface area contributed by atoms with Gasteiger partial charge in [0.25, 0.3) is 5.12 Å². The van der Waals surface area contributed by atoms with E-state index >= 15 is 0 Å². The molecule has 3 nitrogen and oxygen atoms in total. The van der Waals surface area contributed by atoms with Crippen LogP contribution in [0, 0.1) is 17.8 Å². The van der Waals surface area contributed by atoms with E-state index in [1.807, 2.05) is 0 Å². The Morgan fingerprint density at radius 1 is 1.00 bits per heavy atom. The fourth-order valence-corrected chi connectivity index (χ4v) is 5.83. The van der Waals surface area contributed by atoms with Crippen LogP contribution in [0.4, 0.5) is 0 Å². The van der Waals surface area contributed by atoms with Crippen molar-refractivity contribution in [2.45, 2.75) is 43.3 Å². The quantitative estimate of drug-likeness (QED) is 0.714. The van der Waals surface area contributed by atoms with Crippen molar-refractivity contribution in [2.75, 3.05) is 0 Å². The second kappa shape index (κ2) is 3.49. The molecule has 1 N–H and O–H groups in total. The van der Waals surface area contributed by atoms with E-state index in [9.17, 15) is 9.59 Å². The van der Waals surface area contributed by atoms with Crippen LogP contribution in [-0.4, -0.2) is 20.9 Å². The topological polar surface area (TPSA) is 54.4 Å². The Morgan fingerprint density at radius 2 is 1.44 bits per heavy atom. The lowest BCUT2D eigenvalue weighted by Gasteiger charge is -2.55. The average molecular weight is 240 g/mol. The molecule has 4 aliphatic rings. The zero-order chi connectivity index (χ0) is 11.3. The van der Waals surface area contributed by atoms with Gasteiger partial charge in [-0.1, -0.05) is 11.8 Å². The van der Waals surface area contributed by atoms with Crippen molar-refractivity contribution in [1.29, 1.82) is 0 Å². The van der Waals surface area contributed by atoms with Crippen molar-refractivity contribution < 1.29 is 14.7 Å². The first kappa shape index (κ1) is 10.6. The van der Waals surface area contributed by atoms with Gasteiger partial charge in [-0.25, -0.2) is 4.79 Å². The van der Waals surface area contributed by atoms with Gasteiger partial charge in [-0.05, 0) is 56.3 Å². The molecule has 0 radical (unpaired) electrons. The predicted molar refractivity (Wildman–Crippen MR) is 61.1 cm³/mol. The lowest BCUT2D eigenvalue weighted by atomic mass is 9.56.